The van der Waals surface area contributed by atoms with Gasteiger partial charge in [0.2, 0.25) is 5.91 Å². The minimum atomic E-state index is -0.184. The monoisotopic (exact) mass is 238 g/mol. The molecule has 0 aromatic rings. The van der Waals surface area contributed by atoms with Gasteiger partial charge >= 0.3 is 0 Å². The fourth-order valence-electron chi connectivity index (χ4n) is 3.18. The van der Waals surface area contributed by atoms with Crippen molar-refractivity contribution in [2.75, 3.05) is 0 Å². The Morgan fingerprint density at radius 2 is 1.94 bits per heavy atom. The molecule has 0 radical (unpaired) electrons. The van der Waals surface area contributed by atoms with Crippen molar-refractivity contribution in [2.24, 2.45) is 11.7 Å². The summed E-state index contributed by atoms with van der Waals surface area (Å²) in [5.74, 6) is 0.841. The first-order valence-electron chi connectivity index (χ1n) is 7.17. The molecule has 2 rings (SSSR count). The summed E-state index contributed by atoms with van der Waals surface area (Å²) in [4.78, 5) is 11.9. The van der Waals surface area contributed by atoms with E-state index < -0.39 is 0 Å². The molecule has 2 fully saturated rings. The summed E-state index contributed by atoms with van der Waals surface area (Å²) in [6, 6.07) is 0.325. The van der Waals surface area contributed by atoms with Crippen molar-refractivity contribution in [3.63, 3.8) is 0 Å². The normalized spacial score (nSPS) is 26.0. The first-order valence-corrected chi connectivity index (χ1v) is 7.17. The number of hydrogen-bond acceptors (Lipinski definition) is 2. The Labute approximate surface area is 105 Å². The van der Waals surface area contributed by atoms with Crippen LogP contribution in [0.5, 0.6) is 0 Å². The Balaban J connectivity index is 1.73. The Morgan fingerprint density at radius 1 is 1.29 bits per heavy atom. The van der Waals surface area contributed by atoms with Crippen LogP contribution in [0, 0.1) is 5.92 Å². The van der Waals surface area contributed by atoms with Crippen LogP contribution < -0.4 is 11.1 Å². The minimum Gasteiger partial charge on any atom is -0.353 e. The Hall–Kier alpha value is -0.570. The van der Waals surface area contributed by atoms with Crippen molar-refractivity contribution in [3.8, 4) is 0 Å². The molecule has 3 nitrogen and oxygen atoms in total. The fourth-order valence-corrected chi connectivity index (χ4v) is 3.18. The molecule has 0 aromatic heterocycles. The van der Waals surface area contributed by atoms with Crippen LogP contribution in [0.3, 0.4) is 0 Å². The van der Waals surface area contributed by atoms with Crippen molar-refractivity contribution < 1.29 is 4.79 Å². The van der Waals surface area contributed by atoms with Crippen LogP contribution >= 0.6 is 0 Å². The quantitative estimate of drug-likeness (QED) is 0.790. The molecule has 3 N–H and O–H groups in total. The molecular formula is C14H26N2O. The highest BCUT2D eigenvalue weighted by Crippen LogP contribution is 2.32. The predicted octanol–water partition coefficient (Wildman–Crippen LogP) is 2.34. The van der Waals surface area contributed by atoms with Gasteiger partial charge in [-0.05, 0) is 44.9 Å². The molecule has 98 valence electrons. The van der Waals surface area contributed by atoms with E-state index in [0.29, 0.717) is 18.4 Å². The average molecular weight is 238 g/mol. The van der Waals surface area contributed by atoms with Gasteiger partial charge < -0.3 is 11.1 Å². The van der Waals surface area contributed by atoms with Crippen LogP contribution in [0.25, 0.3) is 0 Å². The molecule has 1 amide bonds. The number of hydrogen-bond donors (Lipinski definition) is 2. The molecule has 0 aromatic carbocycles. The molecule has 3 heteroatoms. The molecule has 0 saturated heterocycles. The van der Waals surface area contributed by atoms with Gasteiger partial charge in [-0.2, -0.15) is 0 Å². The molecule has 0 spiro atoms. The maximum Gasteiger partial charge on any atom is 0.222 e. The van der Waals surface area contributed by atoms with Crippen LogP contribution in [0.4, 0.5) is 0 Å². The summed E-state index contributed by atoms with van der Waals surface area (Å²) in [6.45, 7) is 2.15. The van der Waals surface area contributed by atoms with E-state index in [9.17, 15) is 4.79 Å². The Kier molecular flexibility index (Phi) is 4.08. The van der Waals surface area contributed by atoms with Crippen LogP contribution in [-0.4, -0.2) is 17.5 Å². The molecular weight excluding hydrogens is 212 g/mol. The van der Waals surface area contributed by atoms with Gasteiger partial charge in [-0.15, -0.1) is 0 Å². The van der Waals surface area contributed by atoms with E-state index in [-0.39, 0.29) is 11.4 Å². The van der Waals surface area contributed by atoms with E-state index in [2.05, 4.69) is 12.2 Å². The summed E-state index contributed by atoms with van der Waals surface area (Å²) >= 11 is 0. The second-order valence-corrected chi connectivity index (χ2v) is 6.15. The van der Waals surface area contributed by atoms with Gasteiger partial charge in [0.1, 0.15) is 0 Å². The molecule has 0 bridgehead atoms. The highest BCUT2D eigenvalue weighted by atomic mass is 16.1. The summed E-state index contributed by atoms with van der Waals surface area (Å²) < 4.78 is 0. The first kappa shape index (κ1) is 12.9. The van der Waals surface area contributed by atoms with Gasteiger partial charge in [0.05, 0.1) is 0 Å². The highest BCUT2D eigenvalue weighted by Gasteiger charge is 2.35. The third kappa shape index (κ3) is 3.44. The highest BCUT2D eigenvalue weighted by molar-refractivity contribution is 5.77. The van der Waals surface area contributed by atoms with E-state index in [1.165, 1.54) is 38.5 Å². The number of carbonyl (C=O) groups excluding carboxylic acids is 1. The van der Waals surface area contributed by atoms with Crippen molar-refractivity contribution in [1.82, 2.24) is 5.32 Å². The van der Waals surface area contributed by atoms with Crippen molar-refractivity contribution in [1.29, 1.82) is 0 Å². The van der Waals surface area contributed by atoms with E-state index in [4.69, 9.17) is 5.73 Å². The van der Waals surface area contributed by atoms with Crippen LogP contribution in [-0.2, 0) is 4.79 Å². The van der Waals surface area contributed by atoms with Gasteiger partial charge in [0, 0.05) is 18.0 Å². The van der Waals surface area contributed by atoms with Crippen molar-refractivity contribution in [2.45, 2.75) is 76.3 Å². The third-order valence-corrected chi connectivity index (χ3v) is 4.61. The summed E-state index contributed by atoms with van der Waals surface area (Å²) in [7, 11) is 0. The molecule has 2 aliphatic carbocycles. The maximum absolute atomic E-state index is 11.9. The SMILES string of the molecule is C[C@H](NC(=O)CC1(N)CCC1)C1CCCCC1. The lowest BCUT2D eigenvalue weighted by molar-refractivity contribution is -0.124. The Bertz CT molecular complexity index is 267. The largest absolute Gasteiger partial charge is 0.353 e. The van der Waals surface area contributed by atoms with Crippen LogP contribution in [0.1, 0.15) is 64.7 Å². The third-order valence-electron chi connectivity index (χ3n) is 4.61. The van der Waals surface area contributed by atoms with Gasteiger partial charge in [-0.25, -0.2) is 0 Å². The van der Waals surface area contributed by atoms with E-state index >= 15 is 0 Å². The van der Waals surface area contributed by atoms with Crippen molar-refractivity contribution >= 4 is 5.91 Å². The maximum atomic E-state index is 11.9. The Morgan fingerprint density at radius 3 is 2.47 bits per heavy atom. The fraction of sp³-hybridized carbons (Fsp3) is 0.929. The van der Waals surface area contributed by atoms with Gasteiger partial charge in [0.15, 0.2) is 0 Å². The zero-order valence-electron chi connectivity index (χ0n) is 11.0. The molecule has 17 heavy (non-hydrogen) atoms. The predicted molar refractivity (Wildman–Crippen MR) is 69.6 cm³/mol. The zero-order chi connectivity index (χ0) is 12.3. The molecule has 0 heterocycles. The minimum absolute atomic E-state index is 0.158. The molecule has 1 atom stereocenters. The number of carbonyl (C=O) groups is 1. The molecule has 2 saturated carbocycles. The molecule has 0 unspecified atom stereocenters. The van der Waals surface area contributed by atoms with Gasteiger partial charge in [-0.3, -0.25) is 4.79 Å². The van der Waals surface area contributed by atoms with E-state index in [1.807, 2.05) is 0 Å². The first-order chi connectivity index (χ1) is 8.09. The van der Waals surface area contributed by atoms with E-state index in [1.54, 1.807) is 0 Å². The lowest BCUT2D eigenvalue weighted by atomic mass is 9.75. The zero-order valence-corrected chi connectivity index (χ0v) is 11.0. The molecule has 0 aliphatic heterocycles. The standard InChI is InChI=1S/C14H26N2O/c1-11(12-6-3-2-4-7-12)16-13(17)10-14(15)8-5-9-14/h11-12H,2-10,15H2,1H3,(H,16,17)/t11-/m0/s1. The number of amides is 1. The molecule has 2 aliphatic rings. The smallest absolute Gasteiger partial charge is 0.222 e. The van der Waals surface area contributed by atoms with Crippen molar-refractivity contribution in [3.05, 3.63) is 0 Å². The lowest BCUT2D eigenvalue weighted by Crippen LogP contribution is -2.51. The average Bonchev–Trinajstić information content (AvgIpc) is 2.28. The topological polar surface area (TPSA) is 55.1 Å². The second-order valence-electron chi connectivity index (χ2n) is 6.15. The number of nitrogens with one attached hydrogen (secondary N) is 1. The summed E-state index contributed by atoms with van der Waals surface area (Å²) in [6.07, 6.45) is 10.3. The summed E-state index contributed by atoms with van der Waals surface area (Å²) in [5, 5.41) is 3.15. The summed E-state index contributed by atoms with van der Waals surface area (Å²) in [5.41, 5.74) is 5.91. The van der Waals surface area contributed by atoms with Crippen LogP contribution in [0.15, 0.2) is 0 Å². The van der Waals surface area contributed by atoms with Gasteiger partial charge in [-0.1, -0.05) is 19.3 Å². The van der Waals surface area contributed by atoms with Gasteiger partial charge in [0.25, 0.3) is 0 Å². The number of rotatable bonds is 4. The lowest BCUT2D eigenvalue weighted by Gasteiger charge is -2.38. The number of nitrogens with two attached hydrogens (primary N) is 1. The van der Waals surface area contributed by atoms with E-state index in [0.717, 1.165) is 12.8 Å². The van der Waals surface area contributed by atoms with Crippen LogP contribution in [0.2, 0.25) is 0 Å². The second kappa shape index (κ2) is 5.38.